The Balaban J connectivity index is 1.50. The number of hydrogen-bond acceptors (Lipinski definition) is 4. The molecular weight excluding hydrogens is 433 g/mol. The average Bonchev–Trinajstić information content (AvgIpc) is 3.10. The number of sulfonamides is 1. The van der Waals surface area contributed by atoms with Gasteiger partial charge in [-0.1, -0.05) is 34.1 Å². The van der Waals surface area contributed by atoms with E-state index in [1.165, 1.54) is 10.4 Å². The maximum Gasteiger partial charge on any atom is 0.242 e. The predicted octanol–water partition coefficient (Wildman–Crippen LogP) is 3.60. The zero-order chi connectivity index (χ0) is 19.4. The maximum atomic E-state index is 13.4. The van der Waals surface area contributed by atoms with E-state index in [-0.39, 0.29) is 22.8 Å². The Morgan fingerprint density at radius 1 is 1.19 bits per heavy atom. The molecule has 1 saturated heterocycles. The van der Waals surface area contributed by atoms with Crippen LogP contribution in [0.3, 0.4) is 0 Å². The number of nitrogens with zero attached hydrogens (tertiary/aromatic N) is 1. The summed E-state index contributed by atoms with van der Waals surface area (Å²) in [6.45, 7) is 0.442. The summed E-state index contributed by atoms with van der Waals surface area (Å²) < 4.78 is 40.7. The minimum Gasteiger partial charge on any atom is -0.254 e. The van der Waals surface area contributed by atoms with E-state index in [1.54, 1.807) is 43.4 Å². The van der Waals surface area contributed by atoms with E-state index >= 15 is 0 Å². The lowest BCUT2D eigenvalue weighted by Crippen LogP contribution is -2.32. The molecule has 1 aliphatic heterocycles. The summed E-state index contributed by atoms with van der Waals surface area (Å²) in [5.41, 5.74) is 7.34. The lowest BCUT2D eigenvalue weighted by atomic mass is 10.00. The van der Waals surface area contributed by atoms with Gasteiger partial charge in [0.15, 0.2) is 0 Å². The van der Waals surface area contributed by atoms with Crippen molar-refractivity contribution in [2.24, 2.45) is 0 Å². The molecule has 1 fully saturated rings. The number of nitrogens with one attached hydrogen (secondary N) is 2. The van der Waals surface area contributed by atoms with Crippen molar-refractivity contribution >= 4 is 26.0 Å². The molecule has 0 saturated carbocycles. The molecule has 1 heterocycles. The van der Waals surface area contributed by atoms with Gasteiger partial charge < -0.3 is 0 Å². The van der Waals surface area contributed by atoms with Crippen molar-refractivity contribution in [2.45, 2.75) is 36.2 Å². The first-order valence-corrected chi connectivity index (χ1v) is 11.1. The maximum absolute atomic E-state index is 13.4. The highest BCUT2D eigenvalue weighted by Crippen LogP contribution is 2.25. The van der Waals surface area contributed by atoms with Gasteiger partial charge in [0, 0.05) is 30.1 Å². The molecular formula is C19H23BrFN3O2S. The number of hydrogen-bond donors (Lipinski definition) is 2. The van der Waals surface area contributed by atoms with E-state index in [1.807, 2.05) is 6.07 Å². The summed E-state index contributed by atoms with van der Waals surface area (Å²) in [4.78, 5) is 0.284. The molecule has 2 atom stereocenters. The van der Waals surface area contributed by atoms with Crippen LogP contribution in [0.15, 0.2) is 57.9 Å². The van der Waals surface area contributed by atoms with Crippen LogP contribution >= 0.6 is 15.9 Å². The van der Waals surface area contributed by atoms with Crippen molar-refractivity contribution in [2.75, 3.05) is 13.6 Å². The zero-order valence-electron chi connectivity index (χ0n) is 15.0. The van der Waals surface area contributed by atoms with Gasteiger partial charge in [0.05, 0.1) is 4.90 Å². The largest absolute Gasteiger partial charge is 0.254 e. The summed E-state index contributed by atoms with van der Waals surface area (Å²) in [6, 6.07) is 13.6. The monoisotopic (exact) mass is 455 g/mol. The summed E-state index contributed by atoms with van der Waals surface area (Å²) in [6.07, 6.45) is 2.40. The molecule has 2 aromatic rings. The van der Waals surface area contributed by atoms with Crippen molar-refractivity contribution in [1.82, 2.24) is 15.2 Å². The van der Waals surface area contributed by atoms with Crippen LogP contribution in [0.4, 0.5) is 4.39 Å². The summed E-state index contributed by atoms with van der Waals surface area (Å²) >= 11 is 3.31. The molecule has 2 N–H and O–H groups in total. The Morgan fingerprint density at radius 3 is 2.70 bits per heavy atom. The van der Waals surface area contributed by atoms with Gasteiger partial charge in [0.1, 0.15) is 5.82 Å². The molecule has 2 unspecified atom stereocenters. The van der Waals surface area contributed by atoms with E-state index in [9.17, 15) is 12.8 Å². The van der Waals surface area contributed by atoms with Gasteiger partial charge in [0.2, 0.25) is 10.0 Å². The van der Waals surface area contributed by atoms with Gasteiger partial charge in [-0.05, 0) is 55.2 Å². The van der Waals surface area contributed by atoms with Crippen LogP contribution in [0.25, 0.3) is 0 Å². The van der Waals surface area contributed by atoms with Gasteiger partial charge in [-0.3, -0.25) is 10.9 Å². The molecule has 3 rings (SSSR count). The lowest BCUT2D eigenvalue weighted by Gasteiger charge is -2.18. The van der Waals surface area contributed by atoms with Crippen LogP contribution in [0.2, 0.25) is 0 Å². The van der Waals surface area contributed by atoms with Gasteiger partial charge in [-0.15, -0.1) is 0 Å². The highest BCUT2D eigenvalue weighted by atomic mass is 79.9. The molecule has 1 aliphatic rings. The molecule has 2 aromatic carbocycles. The highest BCUT2D eigenvalue weighted by molar-refractivity contribution is 9.10. The van der Waals surface area contributed by atoms with Crippen LogP contribution in [-0.2, 0) is 10.0 Å². The van der Waals surface area contributed by atoms with Gasteiger partial charge >= 0.3 is 0 Å². The van der Waals surface area contributed by atoms with E-state index in [0.29, 0.717) is 6.54 Å². The Bertz CT molecular complexity index is 894. The molecule has 0 aromatic heterocycles. The van der Waals surface area contributed by atoms with Crippen molar-refractivity contribution in [3.8, 4) is 0 Å². The Kier molecular flexibility index (Phi) is 6.65. The first-order valence-electron chi connectivity index (χ1n) is 8.84. The van der Waals surface area contributed by atoms with Crippen LogP contribution in [0.1, 0.15) is 30.9 Å². The van der Waals surface area contributed by atoms with E-state index < -0.39 is 10.0 Å². The fourth-order valence-electron chi connectivity index (χ4n) is 3.24. The number of rotatable bonds is 7. The summed E-state index contributed by atoms with van der Waals surface area (Å²) in [5.74, 6) is -0.239. The van der Waals surface area contributed by atoms with Crippen molar-refractivity contribution in [3.05, 3.63) is 64.4 Å². The fourth-order valence-corrected chi connectivity index (χ4v) is 5.05. The topological polar surface area (TPSA) is 61.4 Å². The van der Waals surface area contributed by atoms with Crippen LogP contribution in [0.5, 0.6) is 0 Å². The van der Waals surface area contributed by atoms with Gasteiger partial charge in [-0.2, -0.15) is 0 Å². The second-order valence-corrected chi connectivity index (χ2v) is 9.72. The Hall–Kier alpha value is -1.32. The average molecular weight is 456 g/mol. The second kappa shape index (κ2) is 8.79. The molecule has 146 valence electrons. The summed E-state index contributed by atoms with van der Waals surface area (Å²) in [5, 5.41) is 0. The minimum absolute atomic E-state index is 0.0637. The summed E-state index contributed by atoms with van der Waals surface area (Å²) in [7, 11) is -1.89. The molecule has 8 heteroatoms. The number of halogens is 2. The standard InChI is InChI=1S/C19H23BrFN3O2S/c1-24(27(25,26)18-9-3-6-15(20)12-18)10-4-8-17-13-19(23-22-17)14-5-2-7-16(21)11-14/h2-3,5-7,9,11-12,17,19,22-23H,4,8,10,13H2,1H3. The number of hydrazine groups is 1. The van der Waals surface area contributed by atoms with E-state index in [2.05, 4.69) is 26.8 Å². The second-order valence-electron chi connectivity index (χ2n) is 6.76. The molecule has 0 amide bonds. The molecule has 0 spiro atoms. The first kappa shape index (κ1) is 20.4. The van der Waals surface area contributed by atoms with Crippen molar-refractivity contribution in [3.63, 3.8) is 0 Å². The van der Waals surface area contributed by atoms with Gasteiger partial charge in [0.25, 0.3) is 0 Å². The third-order valence-electron chi connectivity index (χ3n) is 4.76. The minimum atomic E-state index is -3.49. The Morgan fingerprint density at radius 2 is 1.96 bits per heavy atom. The molecule has 5 nitrogen and oxygen atoms in total. The van der Waals surface area contributed by atoms with Crippen LogP contribution in [0, 0.1) is 5.82 Å². The molecule has 0 radical (unpaired) electrons. The Labute approximate surface area is 168 Å². The van der Waals surface area contributed by atoms with Crippen molar-refractivity contribution < 1.29 is 12.8 Å². The van der Waals surface area contributed by atoms with Crippen molar-refractivity contribution in [1.29, 1.82) is 0 Å². The number of benzene rings is 2. The molecule has 27 heavy (non-hydrogen) atoms. The van der Waals surface area contributed by atoms with Crippen LogP contribution in [-0.4, -0.2) is 32.4 Å². The SMILES string of the molecule is CN(CCCC1CC(c2cccc(F)c2)NN1)S(=O)(=O)c1cccc(Br)c1. The first-order chi connectivity index (χ1) is 12.9. The van der Waals surface area contributed by atoms with E-state index in [4.69, 9.17) is 0 Å². The predicted molar refractivity (Wildman–Crippen MR) is 107 cm³/mol. The zero-order valence-corrected chi connectivity index (χ0v) is 17.4. The molecule has 0 bridgehead atoms. The highest BCUT2D eigenvalue weighted by Gasteiger charge is 2.26. The third-order valence-corrected chi connectivity index (χ3v) is 7.11. The van der Waals surface area contributed by atoms with Crippen LogP contribution < -0.4 is 10.9 Å². The smallest absolute Gasteiger partial charge is 0.242 e. The van der Waals surface area contributed by atoms with Gasteiger partial charge in [-0.25, -0.2) is 17.1 Å². The third kappa shape index (κ3) is 5.14. The lowest BCUT2D eigenvalue weighted by molar-refractivity contribution is 0.428. The normalized spacial score (nSPS) is 20.3. The fraction of sp³-hybridized carbons (Fsp3) is 0.368. The molecule has 0 aliphatic carbocycles. The van der Waals surface area contributed by atoms with E-state index in [0.717, 1.165) is 29.3 Å². The quantitative estimate of drug-likeness (QED) is 0.669.